The Morgan fingerprint density at radius 2 is 1.93 bits per heavy atom. The lowest BCUT2D eigenvalue weighted by molar-refractivity contribution is -0.143. The number of unbranched alkanes of at least 4 members (excludes halogenated alkanes) is 1. The fourth-order valence-electron chi connectivity index (χ4n) is 1.87. The van der Waals surface area contributed by atoms with E-state index in [1.807, 2.05) is 18.7 Å². The predicted molar refractivity (Wildman–Crippen MR) is 56.1 cm³/mol. The summed E-state index contributed by atoms with van der Waals surface area (Å²) in [7, 11) is 0. The first-order valence-corrected chi connectivity index (χ1v) is 5.56. The second-order valence-electron chi connectivity index (χ2n) is 4.16. The van der Waals surface area contributed by atoms with Gasteiger partial charge in [0.15, 0.2) is 0 Å². The molecule has 0 N–H and O–H groups in total. The van der Waals surface area contributed by atoms with E-state index < -0.39 is 0 Å². The Morgan fingerprint density at radius 3 is 2.43 bits per heavy atom. The predicted octanol–water partition coefficient (Wildman–Crippen LogP) is 1.81. The highest BCUT2D eigenvalue weighted by molar-refractivity contribution is 5.76. The van der Waals surface area contributed by atoms with E-state index in [9.17, 15) is 4.79 Å². The van der Waals surface area contributed by atoms with Crippen LogP contribution in [0.1, 0.15) is 40.0 Å². The van der Waals surface area contributed by atoms with Gasteiger partial charge in [0.05, 0.1) is 12.2 Å². The van der Waals surface area contributed by atoms with Crippen molar-refractivity contribution in [3.8, 4) is 0 Å². The zero-order valence-corrected chi connectivity index (χ0v) is 9.45. The summed E-state index contributed by atoms with van der Waals surface area (Å²) in [6, 6.07) is 0. The Kier molecular flexibility index (Phi) is 4.39. The van der Waals surface area contributed by atoms with Crippen molar-refractivity contribution in [2.45, 2.75) is 52.2 Å². The summed E-state index contributed by atoms with van der Waals surface area (Å²) < 4.78 is 5.58. The summed E-state index contributed by atoms with van der Waals surface area (Å²) >= 11 is 0. The zero-order valence-electron chi connectivity index (χ0n) is 9.45. The highest BCUT2D eigenvalue weighted by Gasteiger charge is 2.24. The van der Waals surface area contributed by atoms with E-state index in [1.54, 1.807) is 0 Å². The first kappa shape index (κ1) is 11.5. The molecule has 0 aliphatic carbocycles. The maximum atomic E-state index is 11.7. The molecule has 0 radical (unpaired) electrons. The van der Waals surface area contributed by atoms with Crippen molar-refractivity contribution < 1.29 is 9.53 Å². The molecular formula is C11H21NO2. The van der Waals surface area contributed by atoms with Gasteiger partial charge in [-0.25, -0.2) is 0 Å². The van der Waals surface area contributed by atoms with Gasteiger partial charge in [-0.2, -0.15) is 0 Å². The fraction of sp³-hybridized carbons (Fsp3) is 0.909. The van der Waals surface area contributed by atoms with Crippen molar-refractivity contribution in [1.82, 2.24) is 4.90 Å². The van der Waals surface area contributed by atoms with E-state index in [4.69, 9.17) is 4.74 Å². The molecule has 2 atom stereocenters. The molecular weight excluding hydrogens is 178 g/mol. The topological polar surface area (TPSA) is 29.5 Å². The Bertz CT molecular complexity index is 184. The number of hydrogen-bond donors (Lipinski definition) is 0. The molecule has 1 amide bonds. The number of hydrogen-bond acceptors (Lipinski definition) is 2. The van der Waals surface area contributed by atoms with Gasteiger partial charge in [-0.3, -0.25) is 4.79 Å². The summed E-state index contributed by atoms with van der Waals surface area (Å²) in [4.78, 5) is 13.7. The van der Waals surface area contributed by atoms with Crippen molar-refractivity contribution in [3.05, 3.63) is 0 Å². The van der Waals surface area contributed by atoms with E-state index in [0.717, 1.165) is 25.9 Å². The van der Waals surface area contributed by atoms with E-state index in [0.29, 0.717) is 6.42 Å². The SMILES string of the molecule is CCCCC(=O)N1C[C@H](C)O[C@@H](C)C1. The molecule has 14 heavy (non-hydrogen) atoms. The maximum absolute atomic E-state index is 11.7. The molecule has 0 aromatic heterocycles. The standard InChI is InChI=1S/C11H21NO2/c1-4-5-6-11(13)12-7-9(2)14-10(3)8-12/h9-10H,4-8H2,1-3H3/t9-,10-/m0/s1. The van der Waals surface area contributed by atoms with Crippen LogP contribution in [-0.4, -0.2) is 36.1 Å². The highest BCUT2D eigenvalue weighted by atomic mass is 16.5. The van der Waals surface area contributed by atoms with Gasteiger partial charge < -0.3 is 9.64 Å². The van der Waals surface area contributed by atoms with Crippen LogP contribution < -0.4 is 0 Å². The second kappa shape index (κ2) is 5.35. The number of nitrogens with zero attached hydrogens (tertiary/aromatic N) is 1. The first-order chi connectivity index (χ1) is 6.63. The molecule has 82 valence electrons. The van der Waals surface area contributed by atoms with E-state index in [-0.39, 0.29) is 18.1 Å². The Hall–Kier alpha value is -0.570. The molecule has 3 heteroatoms. The highest BCUT2D eigenvalue weighted by Crippen LogP contribution is 2.12. The average Bonchev–Trinajstić information content (AvgIpc) is 2.12. The molecule has 1 saturated heterocycles. The molecule has 1 rings (SSSR count). The minimum absolute atomic E-state index is 0.185. The van der Waals surface area contributed by atoms with Gasteiger partial charge in [-0.1, -0.05) is 13.3 Å². The molecule has 1 fully saturated rings. The largest absolute Gasteiger partial charge is 0.372 e. The Morgan fingerprint density at radius 1 is 1.36 bits per heavy atom. The third kappa shape index (κ3) is 3.29. The fourth-order valence-corrected chi connectivity index (χ4v) is 1.87. The van der Waals surface area contributed by atoms with E-state index in [2.05, 4.69) is 6.92 Å². The monoisotopic (exact) mass is 199 g/mol. The van der Waals surface area contributed by atoms with Gasteiger partial charge in [0.2, 0.25) is 5.91 Å². The van der Waals surface area contributed by atoms with Crippen LogP contribution in [0, 0.1) is 0 Å². The number of carbonyl (C=O) groups is 1. The van der Waals surface area contributed by atoms with Crippen LogP contribution in [0.25, 0.3) is 0 Å². The summed E-state index contributed by atoms with van der Waals surface area (Å²) in [5.74, 6) is 0.286. The third-order valence-corrected chi connectivity index (χ3v) is 2.52. The van der Waals surface area contributed by atoms with Gasteiger partial charge in [-0.05, 0) is 20.3 Å². The minimum Gasteiger partial charge on any atom is -0.372 e. The van der Waals surface area contributed by atoms with Crippen LogP contribution in [0.5, 0.6) is 0 Å². The number of amides is 1. The molecule has 0 saturated carbocycles. The average molecular weight is 199 g/mol. The molecule has 0 unspecified atom stereocenters. The molecule has 0 bridgehead atoms. The lowest BCUT2D eigenvalue weighted by Crippen LogP contribution is -2.48. The van der Waals surface area contributed by atoms with E-state index >= 15 is 0 Å². The van der Waals surface area contributed by atoms with Crippen molar-refractivity contribution in [3.63, 3.8) is 0 Å². The van der Waals surface area contributed by atoms with Crippen molar-refractivity contribution in [2.75, 3.05) is 13.1 Å². The van der Waals surface area contributed by atoms with Crippen LogP contribution in [-0.2, 0) is 9.53 Å². The number of morpholine rings is 1. The van der Waals surface area contributed by atoms with Crippen molar-refractivity contribution >= 4 is 5.91 Å². The van der Waals surface area contributed by atoms with Crippen LogP contribution >= 0.6 is 0 Å². The lowest BCUT2D eigenvalue weighted by atomic mass is 10.2. The molecule has 0 spiro atoms. The summed E-state index contributed by atoms with van der Waals surface area (Å²) in [5.41, 5.74) is 0. The normalized spacial score (nSPS) is 27.8. The quantitative estimate of drug-likeness (QED) is 0.694. The molecule has 0 aromatic rings. The summed E-state index contributed by atoms with van der Waals surface area (Å²) in [6.45, 7) is 7.67. The summed E-state index contributed by atoms with van der Waals surface area (Å²) in [5, 5.41) is 0. The van der Waals surface area contributed by atoms with Crippen LogP contribution in [0.3, 0.4) is 0 Å². The van der Waals surface area contributed by atoms with Crippen LogP contribution in [0.4, 0.5) is 0 Å². The van der Waals surface area contributed by atoms with Crippen molar-refractivity contribution in [1.29, 1.82) is 0 Å². The number of carbonyl (C=O) groups excluding carboxylic acids is 1. The molecule has 1 aliphatic rings. The molecule has 3 nitrogen and oxygen atoms in total. The zero-order chi connectivity index (χ0) is 10.6. The molecule has 1 aliphatic heterocycles. The van der Waals surface area contributed by atoms with Gasteiger partial charge in [0, 0.05) is 19.5 Å². The smallest absolute Gasteiger partial charge is 0.222 e. The van der Waals surface area contributed by atoms with E-state index in [1.165, 1.54) is 0 Å². The second-order valence-corrected chi connectivity index (χ2v) is 4.16. The number of ether oxygens (including phenoxy) is 1. The lowest BCUT2D eigenvalue weighted by Gasteiger charge is -2.35. The molecule has 1 heterocycles. The third-order valence-electron chi connectivity index (χ3n) is 2.52. The van der Waals surface area contributed by atoms with Gasteiger partial charge >= 0.3 is 0 Å². The number of rotatable bonds is 3. The van der Waals surface area contributed by atoms with Crippen LogP contribution in [0.2, 0.25) is 0 Å². The maximum Gasteiger partial charge on any atom is 0.222 e. The molecule has 0 aromatic carbocycles. The summed E-state index contributed by atoms with van der Waals surface area (Å²) in [6.07, 6.45) is 3.14. The van der Waals surface area contributed by atoms with Gasteiger partial charge in [0.1, 0.15) is 0 Å². The van der Waals surface area contributed by atoms with Crippen LogP contribution in [0.15, 0.2) is 0 Å². The van der Waals surface area contributed by atoms with Gasteiger partial charge in [0.25, 0.3) is 0 Å². The van der Waals surface area contributed by atoms with Crippen molar-refractivity contribution in [2.24, 2.45) is 0 Å². The van der Waals surface area contributed by atoms with Gasteiger partial charge in [-0.15, -0.1) is 0 Å². The Labute approximate surface area is 86.4 Å². The minimum atomic E-state index is 0.185. The first-order valence-electron chi connectivity index (χ1n) is 5.56. The Balaban J connectivity index is 2.38.